The number of hydrogen-bond acceptors (Lipinski definition) is 14. The molecule has 3 aliphatic heterocycles. The minimum Gasteiger partial charge on any atom is -0.459 e. The van der Waals surface area contributed by atoms with Crippen molar-refractivity contribution in [1.29, 1.82) is 0 Å². The number of esters is 1. The zero-order valence-corrected chi connectivity index (χ0v) is 33.2. The van der Waals surface area contributed by atoms with Crippen molar-refractivity contribution in [3.05, 3.63) is 0 Å². The third-order valence-electron chi connectivity index (χ3n) is 11.7. The molecular formula is C37H70N2O12. The van der Waals surface area contributed by atoms with Crippen LogP contribution in [-0.2, 0) is 33.2 Å². The van der Waals surface area contributed by atoms with Gasteiger partial charge in [0.1, 0.15) is 30.0 Å². The number of cyclic esters (lactones) is 1. The van der Waals surface area contributed by atoms with Crippen LogP contribution in [0.3, 0.4) is 0 Å². The van der Waals surface area contributed by atoms with E-state index in [-0.39, 0.29) is 37.3 Å². The number of aliphatic hydroxyl groups is 5. The number of aliphatic hydroxyl groups excluding tert-OH is 3. The number of carbonyl (C=O) groups is 1. The fraction of sp³-hybridized carbons (Fsp3) is 0.973. The maximum absolute atomic E-state index is 14.1. The fourth-order valence-corrected chi connectivity index (χ4v) is 8.36. The highest BCUT2D eigenvalue weighted by atomic mass is 16.7. The van der Waals surface area contributed by atoms with Crippen molar-refractivity contribution in [3.8, 4) is 0 Å². The number of nitrogens with zero attached hydrogens (tertiary/aromatic N) is 1. The molecule has 0 bridgehead atoms. The molecule has 0 spiro atoms. The molecule has 3 aliphatic rings. The van der Waals surface area contributed by atoms with Crippen molar-refractivity contribution >= 4 is 5.97 Å². The number of carbonyl (C=O) groups excluding carboxylic acids is 1. The van der Waals surface area contributed by atoms with Crippen molar-refractivity contribution in [2.45, 2.75) is 185 Å². The van der Waals surface area contributed by atoms with Crippen LogP contribution >= 0.6 is 0 Å². The molecule has 3 heterocycles. The van der Waals surface area contributed by atoms with Gasteiger partial charge < -0.3 is 64.2 Å². The Hall–Kier alpha value is -1.01. The van der Waals surface area contributed by atoms with Gasteiger partial charge in [0.25, 0.3) is 0 Å². The summed E-state index contributed by atoms with van der Waals surface area (Å²) < 4.78 is 37.4. The molecule has 0 saturated carbocycles. The summed E-state index contributed by atoms with van der Waals surface area (Å²) in [5, 5.41) is 60.9. The average Bonchev–Trinajstić information content (AvgIpc) is 3.05. The molecule has 0 aromatic heterocycles. The van der Waals surface area contributed by atoms with Crippen molar-refractivity contribution in [2.24, 2.45) is 17.8 Å². The van der Waals surface area contributed by atoms with Crippen LogP contribution in [0.4, 0.5) is 0 Å². The molecule has 300 valence electrons. The predicted molar refractivity (Wildman–Crippen MR) is 190 cm³/mol. The first kappa shape index (κ1) is 44.4. The van der Waals surface area contributed by atoms with E-state index >= 15 is 0 Å². The summed E-state index contributed by atoms with van der Waals surface area (Å²) in [6.45, 7) is 17.8. The van der Waals surface area contributed by atoms with E-state index in [0.717, 1.165) is 0 Å². The highest BCUT2D eigenvalue weighted by Crippen LogP contribution is 2.40. The van der Waals surface area contributed by atoms with Gasteiger partial charge in [-0.1, -0.05) is 20.8 Å². The summed E-state index contributed by atoms with van der Waals surface area (Å²) in [6.07, 6.45) is -8.22. The van der Waals surface area contributed by atoms with Crippen molar-refractivity contribution in [1.82, 2.24) is 10.2 Å². The van der Waals surface area contributed by atoms with Crippen LogP contribution in [0.15, 0.2) is 0 Å². The zero-order valence-electron chi connectivity index (χ0n) is 33.2. The molecule has 14 nitrogen and oxygen atoms in total. The molecule has 3 saturated heterocycles. The lowest BCUT2D eigenvalue weighted by Gasteiger charge is -2.48. The first-order valence-electron chi connectivity index (χ1n) is 18.8. The quantitative estimate of drug-likeness (QED) is 0.207. The van der Waals surface area contributed by atoms with E-state index in [1.807, 2.05) is 39.8 Å². The van der Waals surface area contributed by atoms with Gasteiger partial charge >= 0.3 is 5.97 Å². The molecule has 0 amide bonds. The molecule has 3 fully saturated rings. The van der Waals surface area contributed by atoms with Crippen LogP contribution in [0.5, 0.6) is 0 Å². The SMILES string of the molecule is CC[C@H]1OC(=O)[C@H](C)[C@@H](O[C@H]2C[C@@](C)(OC)[C@@H](O)[C@H](C)O2)[C@H](C)[C@@H](O[C@@H]2O[C@H](C)C[C@H](N(C)C)[C@H]2O)C(C)(O)C[C@H](C)CN[C@H](C)[C@@H](O)[C@]1(C)O. The van der Waals surface area contributed by atoms with E-state index in [1.165, 1.54) is 14.0 Å². The predicted octanol–water partition coefficient (Wildman–Crippen LogP) is 1.56. The lowest BCUT2D eigenvalue weighted by Crippen LogP contribution is -2.60. The number of hydrogen-bond donors (Lipinski definition) is 6. The highest BCUT2D eigenvalue weighted by Gasteiger charge is 2.52. The Bertz CT molecular complexity index is 1110. The lowest BCUT2D eigenvalue weighted by molar-refractivity contribution is -0.318. The molecule has 0 aliphatic carbocycles. The van der Waals surface area contributed by atoms with Gasteiger partial charge in [0.05, 0.1) is 41.5 Å². The highest BCUT2D eigenvalue weighted by molar-refractivity contribution is 5.73. The first-order valence-corrected chi connectivity index (χ1v) is 18.8. The van der Waals surface area contributed by atoms with Crippen molar-refractivity contribution < 1.29 is 58.7 Å². The standard InChI is InChI=1S/C37H70N2O12/c1-14-26-37(10,45)30(41)23(6)38-18-19(2)16-35(8,44)32(51-34-28(40)25(39(11)12)15-20(3)47-34)21(4)29(22(5)33(43)49-26)50-27-17-36(9,46-13)31(42)24(7)48-27/h19-32,34,38,40-42,44-45H,14-18H2,1-13H3/t19-,20+,21-,22+,23+,24-,25-,26+,27-,28+,29-,30+,31-,32+,34-,35?,36+,37+/m0/s1. The van der Waals surface area contributed by atoms with Crippen LogP contribution in [0.1, 0.15) is 94.9 Å². The molecule has 51 heavy (non-hydrogen) atoms. The van der Waals surface area contributed by atoms with Crippen LogP contribution in [0.25, 0.3) is 0 Å². The fourth-order valence-electron chi connectivity index (χ4n) is 8.36. The van der Waals surface area contributed by atoms with Gasteiger partial charge in [0.2, 0.25) is 0 Å². The number of likely N-dealkylation sites (N-methyl/N-ethyl adjacent to an activating group) is 1. The Morgan fingerprint density at radius 2 is 1.57 bits per heavy atom. The molecule has 3 rings (SSSR count). The summed E-state index contributed by atoms with van der Waals surface area (Å²) in [5.74, 6) is -2.60. The van der Waals surface area contributed by atoms with E-state index in [9.17, 15) is 30.3 Å². The van der Waals surface area contributed by atoms with Crippen LogP contribution in [-0.4, -0.2) is 154 Å². The lowest BCUT2D eigenvalue weighted by atomic mass is 9.77. The Morgan fingerprint density at radius 1 is 0.941 bits per heavy atom. The van der Waals surface area contributed by atoms with Gasteiger partial charge in [0.15, 0.2) is 12.6 Å². The van der Waals surface area contributed by atoms with Gasteiger partial charge in [-0.3, -0.25) is 4.79 Å². The van der Waals surface area contributed by atoms with Gasteiger partial charge in [-0.2, -0.15) is 0 Å². The number of methoxy groups -OCH3 is 1. The third-order valence-corrected chi connectivity index (χ3v) is 11.7. The molecule has 1 unspecified atom stereocenters. The zero-order chi connectivity index (χ0) is 38.8. The monoisotopic (exact) mass is 734 g/mol. The Labute approximate surface area is 305 Å². The van der Waals surface area contributed by atoms with E-state index in [0.29, 0.717) is 13.0 Å². The first-order chi connectivity index (χ1) is 23.5. The summed E-state index contributed by atoms with van der Waals surface area (Å²) in [5.41, 5.74) is -4.37. The van der Waals surface area contributed by atoms with Gasteiger partial charge in [-0.25, -0.2) is 0 Å². The number of rotatable bonds is 7. The summed E-state index contributed by atoms with van der Waals surface area (Å²) in [6, 6.07) is -0.858. The van der Waals surface area contributed by atoms with E-state index in [1.54, 1.807) is 41.5 Å². The summed E-state index contributed by atoms with van der Waals surface area (Å²) >= 11 is 0. The smallest absolute Gasteiger partial charge is 0.311 e. The second-order valence-electron chi connectivity index (χ2n) is 16.7. The van der Waals surface area contributed by atoms with Crippen LogP contribution in [0, 0.1) is 17.8 Å². The van der Waals surface area contributed by atoms with Gasteiger partial charge in [0, 0.05) is 31.5 Å². The van der Waals surface area contributed by atoms with E-state index in [2.05, 4.69) is 5.32 Å². The Morgan fingerprint density at radius 3 is 2.14 bits per heavy atom. The topological polar surface area (TPSA) is 189 Å². The maximum Gasteiger partial charge on any atom is 0.311 e. The minimum absolute atomic E-state index is 0.132. The average molecular weight is 735 g/mol. The van der Waals surface area contributed by atoms with E-state index in [4.69, 9.17) is 28.4 Å². The maximum atomic E-state index is 14.1. The Kier molecular flexibility index (Phi) is 15.3. The normalized spacial score (nSPS) is 49.9. The molecule has 18 atom stereocenters. The molecule has 6 N–H and O–H groups in total. The largest absolute Gasteiger partial charge is 0.459 e. The van der Waals surface area contributed by atoms with Crippen molar-refractivity contribution in [3.63, 3.8) is 0 Å². The van der Waals surface area contributed by atoms with Crippen LogP contribution < -0.4 is 5.32 Å². The molecule has 0 radical (unpaired) electrons. The second kappa shape index (κ2) is 17.6. The molecular weight excluding hydrogens is 664 g/mol. The number of ether oxygens (including phenoxy) is 6. The summed E-state index contributed by atoms with van der Waals surface area (Å²) in [4.78, 5) is 16.1. The van der Waals surface area contributed by atoms with Crippen LogP contribution in [0.2, 0.25) is 0 Å². The van der Waals surface area contributed by atoms with Crippen molar-refractivity contribution in [2.75, 3.05) is 27.7 Å². The van der Waals surface area contributed by atoms with Gasteiger partial charge in [-0.15, -0.1) is 0 Å². The third kappa shape index (κ3) is 10.2. The van der Waals surface area contributed by atoms with Gasteiger partial charge in [-0.05, 0) is 94.3 Å². The second-order valence-corrected chi connectivity index (χ2v) is 16.7. The molecule has 14 heteroatoms. The molecule has 0 aromatic rings. The summed E-state index contributed by atoms with van der Waals surface area (Å²) in [7, 11) is 5.27. The Balaban J connectivity index is 2.15. The van der Waals surface area contributed by atoms with E-state index < -0.39 is 96.0 Å². The minimum atomic E-state index is -1.80. The molecule has 0 aromatic carbocycles. The number of nitrogens with one attached hydrogen (secondary N) is 1.